The molecule has 1 aliphatic rings. The summed E-state index contributed by atoms with van der Waals surface area (Å²) in [6, 6.07) is -12.3. The highest BCUT2D eigenvalue weighted by molar-refractivity contribution is 5.99. The first-order chi connectivity index (χ1) is 41.5. The predicted molar refractivity (Wildman–Crippen MR) is 347 cm³/mol. The van der Waals surface area contributed by atoms with E-state index in [4.69, 9.17) is 10.2 Å². The number of nitrogens with zero attached hydrogens (tertiary/aromatic N) is 7. The molecule has 1 rings (SSSR count). The zero-order valence-electron chi connectivity index (χ0n) is 59.2. The molecule has 0 aromatic heterocycles. The van der Waals surface area contributed by atoms with Crippen molar-refractivity contribution in [1.82, 2.24) is 55.6 Å². The molecule has 0 aromatic rings. The first kappa shape index (κ1) is 83.8. The lowest BCUT2D eigenvalue weighted by Crippen LogP contribution is -2.63. The number of carbonyl (C=O) groups excluding carboxylic acids is 11. The van der Waals surface area contributed by atoms with Gasteiger partial charge in [-0.15, -0.1) is 0 Å². The molecule has 0 aliphatic carbocycles. The van der Waals surface area contributed by atoms with Gasteiger partial charge < -0.3 is 70.9 Å². The fourth-order valence-electron chi connectivity index (χ4n) is 10.7. The molecule has 0 radical (unpaired) electrons. The number of aliphatic hydroxyl groups is 3. The number of likely N-dealkylation sites (N-methyl/N-ethyl adjacent to an activating group) is 7. The van der Waals surface area contributed by atoms with E-state index < -0.39 is 162 Å². The molecule has 1 saturated heterocycles. The molecule has 1 aliphatic heterocycles. The van der Waals surface area contributed by atoms with E-state index in [0.29, 0.717) is 6.42 Å². The van der Waals surface area contributed by atoms with Gasteiger partial charge in [0, 0.05) is 49.3 Å². The van der Waals surface area contributed by atoms with Gasteiger partial charge in [-0.3, -0.25) is 52.7 Å². The molecule has 0 aromatic carbocycles. The molecule has 7 N–H and O–H groups in total. The first-order valence-electron chi connectivity index (χ1n) is 32.1. The summed E-state index contributed by atoms with van der Waals surface area (Å²) in [7, 11) is 9.92. The quantitative estimate of drug-likeness (QED) is 0.109. The van der Waals surface area contributed by atoms with Gasteiger partial charge in [0.25, 0.3) is 0 Å². The summed E-state index contributed by atoms with van der Waals surface area (Å²) in [6.45, 7) is 30.7. The highest BCUT2D eigenvalue weighted by Gasteiger charge is 2.45. The predicted octanol–water partition coefficient (Wildman–Crippen LogP) is 2.63. The maximum Gasteiger partial charge on any atom is 0.246 e. The molecule has 25 heteroatoms. The Hall–Kier alpha value is -6.21. The van der Waals surface area contributed by atoms with E-state index in [1.54, 1.807) is 54.5 Å². The summed E-state index contributed by atoms with van der Waals surface area (Å²) in [6.07, 6.45) is 2.48. The number of rotatable bonds is 16. The lowest BCUT2D eigenvalue weighted by atomic mass is 9.91. The van der Waals surface area contributed by atoms with Crippen LogP contribution in [-0.4, -0.2) is 250 Å². The zero-order valence-corrected chi connectivity index (χ0v) is 59.2. The molecule has 13 atom stereocenters. The normalized spacial score (nSPS) is 26.2. The van der Waals surface area contributed by atoms with E-state index in [1.165, 1.54) is 94.6 Å². The molecule has 1 fully saturated rings. The van der Waals surface area contributed by atoms with E-state index in [2.05, 4.69) is 21.3 Å². The number of hydrogen-bond acceptors (Lipinski definition) is 14. The van der Waals surface area contributed by atoms with Crippen LogP contribution in [0.3, 0.4) is 0 Å². The fourth-order valence-corrected chi connectivity index (χ4v) is 10.7. The number of hydrogen-bond donors (Lipinski definition) is 7. The van der Waals surface area contributed by atoms with Gasteiger partial charge in [0.05, 0.1) is 25.4 Å². The molecule has 0 saturated carbocycles. The Labute approximate surface area is 538 Å². The van der Waals surface area contributed by atoms with Crippen LogP contribution in [0.25, 0.3) is 0 Å². The highest BCUT2D eigenvalue weighted by atomic mass is 16.3. The summed E-state index contributed by atoms with van der Waals surface area (Å²) in [5, 5.41) is 39.1. The molecule has 0 spiro atoms. The van der Waals surface area contributed by atoms with Crippen molar-refractivity contribution in [3.05, 3.63) is 12.2 Å². The third-order valence-corrected chi connectivity index (χ3v) is 16.3. The average molecular weight is 1280 g/mol. The van der Waals surface area contributed by atoms with Gasteiger partial charge in [-0.25, -0.2) is 0 Å². The van der Waals surface area contributed by atoms with Crippen molar-refractivity contribution in [1.29, 1.82) is 0 Å². The minimum absolute atomic E-state index is 0.0229. The third kappa shape index (κ3) is 25.1. The molecular weight excluding hydrogens is 1160 g/mol. The number of aliphatic hydroxyl groups excluding tert-OH is 3. The monoisotopic (exact) mass is 1280 g/mol. The van der Waals surface area contributed by atoms with Crippen molar-refractivity contribution in [3.8, 4) is 0 Å². The minimum atomic E-state index is -1.61. The topological polar surface area (TPSA) is 319 Å². The van der Waals surface area contributed by atoms with Crippen molar-refractivity contribution in [2.24, 2.45) is 41.4 Å². The Morgan fingerprint density at radius 3 is 1.29 bits per heavy atom. The molecule has 11 amide bonds. The molecular formula is C65H119N11O14. The Morgan fingerprint density at radius 1 is 0.467 bits per heavy atom. The van der Waals surface area contributed by atoms with Crippen LogP contribution >= 0.6 is 0 Å². The van der Waals surface area contributed by atoms with Crippen molar-refractivity contribution in [2.75, 3.05) is 62.5 Å². The summed E-state index contributed by atoms with van der Waals surface area (Å²) < 4.78 is 0. The number of nitrogens with one attached hydrogen (secondary N) is 4. The maximum absolute atomic E-state index is 15.1. The summed E-state index contributed by atoms with van der Waals surface area (Å²) in [5.74, 6) is -9.71. The number of amides is 11. The first-order valence-corrected chi connectivity index (χ1v) is 32.1. The fraction of sp³-hybridized carbons (Fsp3) is 0.800. The SMILES string of the molecule is C/C=C/C[C@@H](C)[C@@H](O)[C@H]1C(=O)N[C@@H](CC)C(=O)N(C)CC(=O)N(C)[C@@H](CC(C)C)C(=O)N[C@@H](C(C)C)C(=O)N(C)[C@@H](CC(C)C)C(=O)N[C@@H](C)C(=O)N[C@H](C)C(=O)N(C)[C@@H](CC(C)C)C(=O)N(C)[C@@H](CC(C)C)C(=O)N(C)[C@@H](C(C)C)C(=O)N1C.CC(O)CO. The zero-order chi connectivity index (χ0) is 70.3. The van der Waals surface area contributed by atoms with Crippen LogP contribution in [0.5, 0.6) is 0 Å². The summed E-state index contributed by atoms with van der Waals surface area (Å²) in [5.41, 5.74) is 0. The Kier molecular flexibility index (Phi) is 36.5. The lowest BCUT2D eigenvalue weighted by Gasteiger charge is -2.41. The second-order valence-corrected chi connectivity index (χ2v) is 27.1. The molecule has 0 bridgehead atoms. The van der Waals surface area contributed by atoms with Gasteiger partial charge in [-0.2, -0.15) is 0 Å². The van der Waals surface area contributed by atoms with Crippen molar-refractivity contribution < 1.29 is 68.1 Å². The van der Waals surface area contributed by atoms with E-state index in [0.717, 1.165) is 9.80 Å². The molecule has 1 heterocycles. The second-order valence-electron chi connectivity index (χ2n) is 27.1. The standard InChI is InChI=1S/C62H111N11O12.C3H8O2/c1-25-27-28-40(15)52(75)51-56(79)65-43(26-2)58(81)67(18)33-48(74)68(19)44(29-34(3)4)55(78)66-49(38(11)12)61(84)69(20)45(30-35(5)6)54(77)63-41(16)53(76)64-42(17)57(80)70(21)46(31-36(7)8)59(82)71(22)47(32-37(9)10)60(83)72(23)50(39(13)14)62(85)73(51)24;1-3(5)2-4/h25,27,34-47,49-52,75H,26,28-33H2,1-24H3,(H,63,77)(H,64,76)(H,65,79)(H,66,78);3-5H,2H2,1H3/b27-25+;/t40-,41+,42-,43+,44+,45+,46+,47+,49+,50+,51+,52-;/m1./s1. The van der Waals surface area contributed by atoms with Crippen LogP contribution in [0.1, 0.15) is 163 Å². The molecule has 1 unspecified atom stereocenters. The molecule has 25 nitrogen and oxygen atoms in total. The molecule has 90 heavy (non-hydrogen) atoms. The summed E-state index contributed by atoms with van der Waals surface area (Å²) >= 11 is 0. The smallest absolute Gasteiger partial charge is 0.246 e. The largest absolute Gasteiger partial charge is 0.394 e. The van der Waals surface area contributed by atoms with Crippen LogP contribution in [0, 0.1) is 41.4 Å². The van der Waals surface area contributed by atoms with E-state index in [1.807, 2.05) is 61.5 Å². The van der Waals surface area contributed by atoms with Gasteiger partial charge in [-0.05, 0) is 108 Å². The van der Waals surface area contributed by atoms with Gasteiger partial charge in [0.2, 0.25) is 65.0 Å². The van der Waals surface area contributed by atoms with Crippen molar-refractivity contribution in [2.45, 2.75) is 236 Å². The Bertz CT molecular complexity index is 2400. The second kappa shape index (κ2) is 39.2. The highest BCUT2D eigenvalue weighted by Crippen LogP contribution is 2.26. The van der Waals surface area contributed by atoms with E-state index >= 15 is 9.59 Å². The summed E-state index contributed by atoms with van der Waals surface area (Å²) in [4.78, 5) is 169. The van der Waals surface area contributed by atoms with Crippen LogP contribution in [0.4, 0.5) is 0 Å². The lowest BCUT2D eigenvalue weighted by molar-refractivity contribution is -0.157. The van der Waals surface area contributed by atoms with Gasteiger partial charge >= 0.3 is 0 Å². The molecule has 518 valence electrons. The van der Waals surface area contributed by atoms with Crippen LogP contribution in [0.15, 0.2) is 12.2 Å². The Morgan fingerprint density at radius 2 is 0.867 bits per heavy atom. The van der Waals surface area contributed by atoms with E-state index in [-0.39, 0.29) is 62.4 Å². The number of allylic oxidation sites excluding steroid dienone is 2. The van der Waals surface area contributed by atoms with Crippen LogP contribution in [0.2, 0.25) is 0 Å². The van der Waals surface area contributed by atoms with Gasteiger partial charge in [0.15, 0.2) is 0 Å². The maximum atomic E-state index is 15.1. The van der Waals surface area contributed by atoms with Crippen molar-refractivity contribution >= 4 is 65.0 Å². The van der Waals surface area contributed by atoms with Gasteiger partial charge in [0.1, 0.15) is 60.4 Å². The van der Waals surface area contributed by atoms with Gasteiger partial charge in [-0.1, -0.05) is 109 Å². The third-order valence-electron chi connectivity index (χ3n) is 16.3. The number of carbonyl (C=O) groups is 11. The van der Waals surface area contributed by atoms with E-state index in [9.17, 15) is 48.3 Å². The van der Waals surface area contributed by atoms with Crippen LogP contribution in [-0.2, 0) is 52.7 Å². The van der Waals surface area contributed by atoms with Crippen LogP contribution < -0.4 is 21.3 Å². The Balaban J connectivity index is 0.0000152. The average Bonchev–Trinajstić information content (AvgIpc) is 0.838. The van der Waals surface area contributed by atoms with Crippen molar-refractivity contribution in [3.63, 3.8) is 0 Å². The minimum Gasteiger partial charge on any atom is -0.394 e.